The number of nitrogens with one attached hydrogen (secondary N) is 1. The van der Waals surface area contributed by atoms with Gasteiger partial charge in [-0.15, -0.1) is 0 Å². The zero-order valence-electron chi connectivity index (χ0n) is 14.5. The molecule has 1 aliphatic heterocycles. The van der Waals surface area contributed by atoms with Crippen LogP contribution in [0.4, 0.5) is 0 Å². The van der Waals surface area contributed by atoms with Crippen molar-refractivity contribution in [3.63, 3.8) is 0 Å². The predicted molar refractivity (Wildman–Crippen MR) is 87.1 cm³/mol. The molecule has 2 atom stereocenters. The molecule has 0 aliphatic carbocycles. The molecule has 2 unspecified atom stereocenters. The minimum Gasteiger partial charge on any atom is -0.379 e. The number of amides is 1. The van der Waals surface area contributed by atoms with Crippen LogP contribution in [-0.4, -0.2) is 42.8 Å². The van der Waals surface area contributed by atoms with Crippen molar-refractivity contribution < 1.29 is 9.53 Å². The summed E-state index contributed by atoms with van der Waals surface area (Å²) in [6.07, 6.45) is 4.39. The van der Waals surface area contributed by atoms with Crippen LogP contribution in [0, 0.1) is 11.8 Å². The van der Waals surface area contributed by atoms with E-state index in [0.717, 1.165) is 32.3 Å². The minimum atomic E-state index is 0.0128. The summed E-state index contributed by atoms with van der Waals surface area (Å²) < 4.78 is 5.65. The lowest BCUT2D eigenvalue weighted by Gasteiger charge is -2.25. The van der Waals surface area contributed by atoms with Crippen LogP contribution in [0.5, 0.6) is 0 Å². The summed E-state index contributed by atoms with van der Waals surface area (Å²) in [5.74, 6) is 1.39. The molecule has 0 saturated carbocycles. The zero-order valence-corrected chi connectivity index (χ0v) is 14.5. The van der Waals surface area contributed by atoms with Gasteiger partial charge in [0.15, 0.2) is 0 Å². The van der Waals surface area contributed by atoms with E-state index in [0.29, 0.717) is 25.0 Å². The molecular formula is C17H34N2O2. The Hall–Kier alpha value is -0.610. The Balaban J connectivity index is 2.51. The van der Waals surface area contributed by atoms with Crippen LogP contribution in [0.25, 0.3) is 0 Å². The third kappa shape index (κ3) is 6.35. The van der Waals surface area contributed by atoms with Crippen molar-refractivity contribution in [2.45, 2.75) is 72.5 Å². The summed E-state index contributed by atoms with van der Waals surface area (Å²) in [6, 6.07) is 0.0128. The largest absolute Gasteiger partial charge is 0.379 e. The van der Waals surface area contributed by atoms with Crippen LogP contribution in [0.3, 0.4) is 0 Å². The molecule has 1 aliphatic rings. The topological polar surface area (TPSA) is 41.6 Å². The fraction of sp³-hybridized carbons (Fsp3) is 0.941. The second kappa shape index (κ2) is 9.42. The van der Waals surface area contributed by atoms with Gasteiger partial charge in [-0.1, -0.05) is 47.5 Å². The van der Waals surface area contributed by atoms with Crippen LogP contribution in [0.2, 0.25) is 0 Å². The van der Waals surface area contributed by atoms with E-state index in [1.54, 1.807) is 0 Å². The van der Waals surface area contributed by atoms with Crippen molar-refractivity contribution in [2.75, 3.05) is 19.8 Å². The number of ether oxygens (including phenoxy) is 1. The van der Waals surface area contributed by atoms with Gasteiger partial charge in [-0.3, -0.25) is 10.1 Å². The number of hydrogen-bond donors (Lipinski definition) is 1. The minimum absolute atomic E-state index is 0.0128. The third-order valence-electron chi connectivity index (χ3n) is 3.82. The molecule has 124 valence electrons. The molecular weight excluding hydrogens is 264 g/mol. The van der Waals surface area contributed by atoms with Crippen molar-refractivity contribution in [1.29, 1.82) is 0 Å². The number of hydrogen-bond acceptors (Lipinski definition) is 3. The highest BCUT2D eigenvalue weighted by molar-refractivity contribution is 5.84. The molecule has 1 saturated heterocycles. The maximum Gasteiger partial charge on any atom is 0.241 e. The first-order chi connectivity index (χ1) is 9.95. The van der Waals surface area contributed by atoms with Gasteiger partial charge in [-0.2, -0.15) is 0 Å². The Morgan fingerprint density at radius 3 is 2.52 bits per heavy atom. The van der Waals surface area contributed by atoms with E-state index in [1.807, 2.05) is 4.90 Å². The van der Waals surface area contributed by atoms with Crippen LogP contribution in [0.15, 0.2) is 0 Å². The lowest BCUT2D eigenvalue weighted by Crippen LogP contribution is -2.40. The van der Waals surface area contributed by atoms with E-state index in [2.05, 4.69) is 39.9 Å². The molecule has 1 amide bonds. The summed E-state index contributed by atoms with van der Waals surface area (Å²) in [4.78, 5) is 14.5. The van der Waals surface area contributed by atoms with Gasteiger partial charge in [0.1, 0.15) is 0 Å². The Morgan fingerprint density at radius 2 is 1.95 bits per heavy atom. The first-order valence-electron chi connectivity index (χ1n) is 8.60. The number of carbonyl (C=O) groups is 1. The van der Waals surface area contributed by atoms with Gasteiger partial charge in [0, 0.05) is 13.2 Å². The van der Waals surface area contributed by atoms with Gasteiger partial charge in [-0.05, 0) is 24.7 Å². The molecule has 1 fully saturated rings. The van der Waals surface area contributed by atoms with E-state index < -0.39 is 0 Å². The highest BCUT2D eigenvalue weighted by Crippen LogP contribution is 2.20. The number of unbranched alkanes of at least 4 members (excludes halogenated alkanes) is 1. The number of nitrogens with zero attached hydrogens (tertiary/aromatic N) is 1. The molecule has 0 radical (unpaired) electrons. The van der Waals surface area contributed by atoms with E-state index in [-0.39, 0.29) is 18.1 Å². The highest BCUT2D eigenvalue weighted by Gasteiger charge is 2.37. The number of carbonyl (C=O) groups excluding carboxylic acids is 1. The first kappa shape index (κ1) is 18.4. The lowest BCUT2D eigenvalue weighted by atomic mass is 10.1. The van der Waals surface area contributed by atoms with Gasteiger partial charge in [0.2, 0.25) is 5.91 Å². The van der Waals surface area contributed by atoms with Gasteiger partial charge < -0.3 is 9.64 Å². The van der Waals surface area contributed by atoms with Gasteiger partial charge in [0.25, 0.3) is 0 Å². The smallest absolute Gasteiger partial charge is 0.241 e. The normalized spacial score (nSPS) is 22.8. The van der Waals surface area contributed by atoms with Gasteiger partial charge in [0.05, 0.1) is 18.8 Å². The van der Waals surface area contributed by atoms with Crippen LogP contribution in [-0.2, 0) is 9.53 Å². The van der Waals surface area contributed by atoms with Crippen molar-refractivity contribution in [1.82, 2.24) is 10.2 Å². The summed E-state index contributed by atoms with van der Waals surface area (Å²) >= 11 is 0. The zero-order chi connectivity index (χ0) is 15.8. The van der Waals surface area contributed by atoms with Crippen molar-refractivity contribution >= 4 is 5.91 Å². The molecule has 0 bridgehead atoms. The molecule has 1 N–H and O–H groups in total. The molecule has 21 heavy (non-hydrogen) atoms. The average molecular weight is 298 g/mol. The first-order valence-corrected chi connectivity index (χ1v) is 8.60. The van der Waals surface area contributed by atoms with Gasteiger partial charge >= 0.3 is 0 Å². The second-order valence-electron chi connectivity index (χ2n) is 7.01. The van der Waals surface area contributed by atoms with Gasteiger partial charge in [-0.25, -0.2) is 0 Å². The molecule has 0 aromatic heterocycles. The third-order valence-corrected chi connectivity index (χ3v) is 3.82. The highest BCUT2D eigenvalue weighted by atomic mass is 16.5. The second-order valence-corrected chi connectivity index (χ2v) is 7.01. The molecule has 0 spiro atoms. The predicted octanol–water partition coefficient (Wildman–Crippen LogP) is 3.02. The van der Waals surface area contributed by atoms with E-state index in [9.17, 15) is 4.79 Å². The SMILES string of the molecule is CCCCC1NC(CC(C)C)N(CCOCC(C)C)C1=O. The van der Waals surface area contributed by atoms with E-state index >= 15 is 0 Å². The number of rotatable bonds is 10. The quantitative estimate of drug-likeness (QED) is 0.630. The fourth-order valence-electron chi connectivity index (χ4n) is 2.75. The molecule has 0 aromatic rings. The van der Waals surface area contributed by atoms with E-state index in [4.69, 9.17) is 4.74 Å². The fourth-order valence-corrected chi connectivity index (χ4v) is 2.75. The lowest BCUT2D eigenvalue weighted by molar-refractivity contribution is -0.131. The van der Waals surface area contributed by atoms with Crippen LogP contribution in [0.1, 0.15) is 60.3 Å². The Kier molecular flexibility index (Phi) is 8.27. The van der Waals surface area contributed by atoms with Crippen LogP contribution >= 0.6 is 0 Å². The Bertz CT molecular complexity index is 305. The maximum absolute atomic E-state index is 12.5. The summed E-state index contributed by atoms with van der Waals surface area (Å²) in [5, 5.41) is 3.53. The van der Waals surface area contributed by atoms with Crippen molar-refractivity contribution in [2.24, 2.45) is 11.8 Å². The summed E-state index contributed by atoms with van der Waals surface area (Å²) in [7, 11) is 0. The molecule has 4 heteroatoms. The van der Waals surface area contributed by atoms with Crippen LogP contribution < -0.4 is 5.32 Å². The Labute approximate surface area is 130 Å². The summed E-state index contributed by atoms with van der Waals surface area (Å²) in [6.45, 7) is 13.0. The molecule has 1 rings (SSSR count). The standard InChI is InChI=1S/C17H34N2O2/c1-6-7-8-15-17(20)19(9-10-21-12-14(4)5)16(18-15)11-13(2)3/h13-16,18H,6-12H2,1-5H3. The van der Waals surface area contributed by atoms with E-state index in [1.165, 1.54) is 0 Å². The average Bonchev–Trinajstić information content (AvgIpc) is 2.68. The maximum atomic E-state index is 12.5. The Morgan fingerprint density at radius 1 is 1.24 bits per heavy atom. The van der Waals surface area contributed by atoms with Crippen molar-refractivity contribution in [3.8, 4) is 0 Å². The van der Waals surface area contributed by atoms with Crippen molar-refractivity contribution in [3.05, 3.63) is 0 Å². The monoisotopic (exact) mass is 298 g/mol. The summed E-state index contributed by atoms with van der Waals surface area (Å²) in [5.41, 5.74) is 0. The molecule has 0 aromatic carbocycles. The molecule has 1 heterocycles. The molecule has 4 nitrogen and oxygen atoms in total.